The lowest BCUT2D eigenvalue weighted by Crippen LogP contribution is -2.13. The zero-order valence-corrected chi connectivity index (χ0v) is 19.6. The van der Waals surface area contributed by atoms with Crippen LogP contribution in [-0.2, 0) is 0 Å². The van der Waals surface area contributed by atoms with E-state index in [0.29, 0.717) is 11.8 Å². The standard InChI is InChI=1S/C23H32OP2/c1-12(2)18-10-14(5)11-19(13(3)4)21(18)20-15(6)16(7)22(24-9)17(8)23(20)26-25/h10-13,25H,1-9H3. The topological polar surface area (TPSA) is 9.23 Å². The monoisotopic (exact) mass is 386 g/mol. The Labute approximate surface area is 163 Å². The van der Waals surface area contributed by atoms with Gasteiger partial charge in [0.2, 0.25) is 0 Å². The number of rotatable bonds is 5. The van der Waals surface area contributed by atoms with Crippen molar-refractivity contribution in [2.45, 2.75) is 67.2 Å². The Morgan fingerprint density at radius 3 is 1.69 bits per heavy atom. The fourth-order valence-corrected chi connectivity index (χ4v) is 5.41. The summed E-state index contributed by atoms with van der Waals surface area (Å²) < 4.78 is 5.74. The van der Waals surface area contributed by atoms with Gasteiger partial charge in [-0.1, -0.05) is 53.9 Å². The number of methoxy groups -OCH3 is 1. The van der Waals surface area contributed by atoms with Crippen molar-refractivity contribution in [1.29, 1.82) is 0 Å². The van der Waals surface area contributed by atoms with Gasteiger partial charge in [0.1, 0.15) is 5.75 Å². The molecule has 0 aliphatic carbocycles. The Kier molecular flexibility index (Phi) is 6.70. The van der Waals surface area contributed by atoms with Gasteiger partial charge in [0.05, 0.1) is 7.11 Å². The number of ether oxygens (including phenoxy) is 1. The summed E-state index contributed by atoms with van der Waals surface area (Å²) in [7, 11) is 6.65. The third kappa shape index (κ3) is 3.62. The van der Waals surface area contributed by atoms with E-state index in [2.05, 4.69) is 76.0 Å². The van der Waals surface area contributed by atoms with E-state index in [1.165, 1.54) is 49.8 Å². The van der Waals surface area contributed by atoms with Gasteiger partial charge in [0.15, 0.2) is 0 Å². The summed E-state index contributed by atoms with van der Waals surface area (Å²) in [6.45, 7) is 18.0. The number of aryl methyl sites for hydroxylation is 1. The van der Waals surface area contributed by atoms with Crippen LogP contribution in [0.5, 0.6) is 5.75 Å². The molecule has 0 atom stereocenters. The van der Waals surface area contributed by atoms with Gasteiger partial charge >= 0.3 is 0 Å². The third-order valence-corrected chi connectivity index (χ3v) is 6.82. The van der Waals surface area contributed by atoms with Crippen LogP contribution in [0.4, 0.5) is 0 Å². The van der Waals surface area contributed by atoms with Crippen LogP contribution < -0.4 is 10.0 Å². The van der Waals surface area contributed by atoms with Crippen molar-refractivity contribution in [3.8, 4) is 16.9 Å². The molecule has 0 bridgehead atoms. The minimum absolute atomic E-state index is 0.476. The van der Waals surface area contributed by atoms with E-state index in [0.717, 1.165) is 13.6 Å². The smallest absolute Gasteiger partial charge is 0.125 e. The van der Waals surface area contributed by atoms with Crippen LogP contribution in [0, 0.1) is 27.7 Å². The number of benzene rings is 2. The molecule has 0 heterocycles. The summed E-state index contributed by atoms with van der Waals surface area (Å²) in [4.78, 5) is 0. The highest BCUT2D eigenvalue weighted by molar-refractivity contribution is 7.79. The van der Waals surface area contributed by atoms with E-state index in [9.17, 15) is 0 Å². The Bertz CT molecular complexity index is 819. The van der Waals surface area contributed by atoms with E-state index >= 15 is 0 Å². The SMILES string of the molecule is COc1c(C)c(C)c(-c2c(C(C)C)cc(C)cc2C(C)C)c(P=P)c1C. The Morgan fingerprint density at radius 1 is 0.808 bits per heavy atom. The summed E-state index contributed by atoms with van der Waals surface area (Å²) in [5, 5.41) is 1.31. The van der Waals surface area contributed by atoms with Crippen LogP contribution >= 0.6 is 16.4 Å². The molecule has 2 aromatic carbocycles. The van der Waals surface area contributed by atoms with Crippen LogP contribution in [0.1, 0.15) is 72.9 Å². The molecule has 140 valence electrons. The molecule has 3 heteroatoms. The van der Waals surface area contributed by atoms with Gasteiger partial charge in [-0.15, -0.1) is 0 Å². The summed E-state index contributed by atoms with van der Waals surface area (Å²) in [5.41, 5.74) is 10.8. The Morgan fingerprint density at radius 2 is 1.31 bits per heavy atom. The molecule has 0 aromatic heterocycles. The minimum atomic E-state index is 0.476. The Hall–Kier alpha value is -1.16. The molecule has 2 aromatic rings. The molecule has 26 heavy (non-hydrogen) atoms. The lowest BCUT2D eigenvalue weighted by atomic mass is 9.81. The molecular weight excluding hydrogens is 354 g/mol. The van der Waals surface area contributed by atoms with E-state index in [4.69, 9.17) is 4.74 Å². The summed E-state index contributed by atoms with van der Waals surface area (Å²) in [6, 6.07) is 4.74. The van der Waals surface area contributed by atoms with E-state index in [-0.39, 0.29) is 0 Å². The molecule has 0 N–H and O–H groups in total. The molecule has 0 amide bonds. The van der Waals surface area contributed by atoms with Crippen molar-refractivity contribution in [3.63, 3.8) is 0 Å². The lowest BCUT2D eigenvalue weighted by molar-refractivity contribution is 0.409. The van der Waals surface area contributed by atoms with Gasteiger partial charge < -0.3 is 4.74 Å². The fraction of sp³-hybridized carbons (Fsp3) is 0.478. The second-order valence-electron chi connectivity index (χ2n) is 7.87. The maximum absolute atomic E-state index is 5.74. The summed E-state index contributed by atoms with van der Waals surface area (Å²) in [6.07, 6.45) is 0. The normalized spacial score (nSPS) is 11.7. The van der Waals surface area contributed by atoms with Gasteiger partial charge in [-0.2, -0.15) is 0 Å². The second-order valence-corrected chi connectivity index (χ2v) is 9.21. The molecule has 0 saturated carbocycles. The summed E-state index contributed by atoms with van der Waals surface area (Å²) in [5.74, 6) is 1.96. The first-order valence-corrected chi connectivity index (χ1v) is 11.6. The van der Waals surface area contributed by atoms with E-state index in [1.54, 1.807) is 7.11 Å². The highest BCUT2D eigenvalue weighted by Gasteiger charge is 2.24. The van der Waals surface area contributed by atoms with Crippen molar-refractivity contribution in [2.75, 3.05) is 7.11 Å². The van der Waals surface area contributed by atoms with Gasteiger partial charge in [-0.25, -0.2) is 0 Å². The van der Waals surface area contributed by atoms with Gasteiger partial charge in [-0.05, 0) is 80.8 Å². The van der Waals surface area contributed by atoms with Crippen LogP contribution in [0.2, 0.25) is 0 Å². The minimum Gasteiger partial charge on any atom is -0.496 e. The average molecular weight is 386 g/mol. The first-order chi connectivity index (χ1) is 12.1. The quantitative estimate of drug-likeness (QED) is 0.484. The number of hydrogen-bond acceptors (Lipinski definition) is 1. The molecule has 0 aliphatic rings. The van der Waals surface area contributed by atoms with Crippen molar-refractivity contribution >= 4 is 21.7 Å². The molecule has 0 unspecified atom stereocenters. The van der Waals surface area contributed by atoms with Gasteiger partial charge in [0, 0.05) is 10.9 Å². The molecule has 0 fully saturated rings. The van der Waals surface area contributed by atoms with E-state index < -0.39 is 0 Å². The van der Waals surface area contributed by atoms with Crippen molar-refractivity contribution in [3.05, 3.63) is 45.5 Å². The molecule has 0 saturated heterocycles. The third-order valence-electron chi connectivity index (χ3n) is 5.36. The highest BCUT2D eigenvalue weighted by Crippen LogP contribution is 2.42. The highest BCUT2D eigenvalue weighted by atomic mass is 31.7. The molecule has 2 rings (SSSR count). The van der Waals surface area contributed by atoms with Crippen molar-refractivity contribution in [2.24, 2.45) is 0 Å². The first kappa shape index (κ1) is 21.1. The van der Waals surface area contributed by atoms with Crippen LogP contribution in [-0.4, -0.2) is 7.11 Å². The largest absolute Gasteiger partial charge is 0.496 e. The molecular formula is C23H32OP2. The maximum Gasteiger partial charge on any atom is 0.125 e. The van der Waals surface area contributed by atoms with Crippen molar-refractivity contribution < 1.29 is 4.74 Å². The van der Waals surface area contributed by atoms with E-state index in [1.807, 2.05) is 0 Å². The average Bonchev–Trinajstić information content (AvgIpc) is 2.57. The number of hydrogen-bond donors (Lipinski definition) is 0. The predicted octanol–water partition coefficient (Wildman–Crippen LogP) is 7.47. The zero-order chi connectivity index (χ0) is 19.8. The molecule has 1 nitrogen and oxygen atoms in total. The first-order valence-electron chi connectivity index (χ1n) is 9.35. The fourth-order valence-electron chi connectivity index (χ4n) is 3.91. The van der Waals surface area contributed by atoms with Crippen LogP contribution in [0.25, 0.3) is 11.1 Å². The zero-order valence-electron chi connectivity index (χ0n) is 17.7. The van der Waals surface area contributed by atoms with Crippen molar-refractivity contribution in [1.82, 2.24) is 0 Å². The van der Waals surface area contributed by atoms with Crippen LogP contribution in [0.15, 0.2) is 12.1 Å². The predicted molar refractivity (Wildman–Crippen MR) is 120 cm³/mol. The second kappa shape index (κ2) is 8.24. The lowest BCUT2D eigenvalue weighted by Gasteiger charge is -2.26. The summed E-state index contributed by atoms with van der Waals surface area (Å²) >= 11 is 0. The Balaban J connectivity index is 3.08. The van der Waals surface area contributed by atoms with Gasteiger partial charge in [-0.3, -0.25) is 0 Å². The van der Waals surface area contributed by atoms with Crippen LogP contribution in [0.3, 0.4) is 0 Å². The molecule has 0 spiro atoms. The molecule has 0 aliphatic heterocycles. The van der Waals surface area contributed by atoms with Gasteiger partial charge in [0.25, 0.3) is 0 Å². The molecule has 0 radical (unpaired) electrons. The maximum atomic E-state index is 5.74.